The van der Waals surface area contributed by atoms with E-state index in [0.29, 0.717) is 17.1 Å². The van der Waals surface area contributed by atoms with Gasteiger partial charge >= 0.3 is 0 Å². The predicted molar refractivity (Wildman–Crippen MR) is 73.4 cm³/mol. The number of nitrogens with one attached hydrogen (secondary N) is 2. The normalized spacial score (nSPS) is 11.1. The van der Waals surface area contributed by atoms with E-state index >= 15 is 0 Å². The molecule has 0 atom stereocenters. The first kappa shape index (κ1) is 13.1. The summed E-state index contributed by atoms with van der Waals surface area (Å²) in [6, 6.07) is 8.84. The molecule has 19 heavy (non-hydrogen) atoms. The van der Waals surface area contributed by atoms with Crippen LogP contribution in [0.25, 0.3) is 0 Å². The van der Waals surface area contributed by atoms with Gasteiger partial charge in [-0.1, -0.05) is 12.1 Å². The Bertz CT molecular complexity index is 556. The SMILES string of the molecule is CC(C)(C)Oc1ccccc1C(=O)Nc1ccn[nH]1. The van der Waals surface area contributed by atoms with Crippen molar-refractivity contribution >= 4 is 11.7 Å². The van der Waals surface area contributed by atoms with E-state index < -0.39 is 0 Å². The second-order valence-corrected chi connectivity index (χ2v) is 5.14. The van der Waals surface area contributed by atoms with Crippen LogP contribution in [0.1, 0.15) is 31.1 Å². The highest BCUT2D eigenvalue weighted by atomic mass is 16.5. The Labute approximate surface area is 112 Å². The van der Waals surface area contributed by atoms with E-state index in [4.69, 9.17) is 4.74 Å². The van der Waals surface area contributed by atoms with Crippen LogP contribution in [0.15, 0.2) is 36.5 Å². The molecule has 0 fully saturated rings. The van der Waals surface area contributed by atoms with Gasteiger partial charge in [0.1, 0.15) is 17.2 Å². The Morgan fingerprint density at radius 1 is 1.26 bits per heavy atom. The van der Waals surface area contributed by atoms with Crippen LogP contribution < -0.4 is 10.1 Å². The van der Waals surface area contributed by atoms with Crippen molar-refractivity contribution in [1.82, 2.24) is 10.2 Å². The summed E-state index contributed by atoms with van der Waals surface area (Å²) in [6.07, 6.45) is 1.58. The summed E-state index contributed by atoms with van der Waals surface area (Å²) in [5.74, 6) is 0.881. The van der Waals surface area contributed by atoms with Crippen LogP contribution in [0, 0.1) is 0 Å². The van der Waals surface area contributed by atoms with E-state index in [1.54, 1.807) is 30.5 Å². The number of aromatic amines is 1. The van der Waals surface area contributed by atoms with Gasteiger partial charge in [0.15, 0.2) is 0 Å². The number of amides is 1. The van der Waals surface area contributed by atoms with Crippen molar-refractivity contribution in [2.45, 2.75) is 26.4 Å². The third-order valence-corrected chi connectivity index (χ3v) is 2.30. The Kier molecular flexibility index (Phi) is 3.55. The Morgan fingerprint density at radius 3 is 2.63 bits per heavy atom. The van der Waals surface area contributed by atoms with Crippen molar-refractivity contribution < 1.29 is 9.53 Å². The molecule has 1 heterocycles. The molecule has 2 aromatic rings. The van der Waals surface area contributed by atoms with Gasteiger partial charge in [-0.2, -0.15) is 5.10 Å². The fraction of sp³-hybridized carbons (Fsp3) is 0.286. The lowest BCUT2D eigenvalue weighted by Gasteiger charge is -2.22. The number of benzene rings is 1. The summed E-state index contributed by atoms with van der Waals surface area (Å²) >= 11 is 0. The fourth-order valence-corrected chi connectivity index (χ4v) is 1.59. The minimum absolute atomic E-state index is 0.232. The number of anilines is 1. The standard InChI is InChI=1S/C14H17N3O2/c1-14(2,3)19-11-7-5-4-6-10(11)13(18)16-12-8-9-15-17-12/h4-9H,1-3H3,(H2,15,16,17,18). The van der Waals surface area contributed by atoms with Gasteiger partial charge < -0.3 is 10.1 Å². The topological polar surface area (TPSA) is 67.0 Å². The van der Waals surface area contributed by atoms with Crippen LogP contribution in [-0.4, -0.2) is 21.7 Å². The van der Waals surface area contributed by atoms with Gasteiger partial charge in [0, 0.05) is 6.07 Å². The summed E-state index contributed by atoms with van der Waals surface area (Å²) in [5, 5.41) is 9.19. The lowest BCUT2D eigenvalue weighted by atomic mass is 10.1. The van der Waals surface area contributed by atoms with Crippen molar-refractivity contribution in [1.29, 1.82) is 0 Å². The van der Waals surface area contributed by atoms with Crippen LogP contribution in [0.2, 0.25) is 0 Å². The molecule has 0 spiro atoms. The monoisotopic (exact) mass is 259 g/mol. The van der Waals surface area contributed by atoms with Gasteiger partial charge in [-0.3, -0.25) is 9.89 Å². The first-order valence-corrected chi connectivity index (χ1v) is 6.04. The summed E-state index contributed by atoms with van der Waals surface area (Å²) in [6.45, 7) is 5.82. The van der Waals surface area contributed by atoms with E-state index in [0.717, 1.165) is 0 Å². The van der Waals surface area contributed by atoms with E-state index in [2.05, 4.69) is 15.5 Å². The van der Waals surface area contributed by atoms with E-state index in [9.17, 15) is 4.79 Å². The average Bonchev–Trinajstić information content (AvgIpc) is 2.80. The zero-order valence-corrected chi connectivity index (χ0v) is 11.2. The van der Waals surface area contributed by atoms with Crippen molar-refractivity contribution in [3.05, 3.63) is 42.1 Å². The first-order valence-electron chi connectivity index (χ1n) is 6.04. The summed E-state index contributed by atoms with van der Waals surface area (Å²) < 4.78 is 5.79. The smallest absolute Gasteiger partial charge is 0.260 e. The van der Waals surface area contributed by atoms with Crippen LogP contribution >= 0.6 is 0 Å². The number of H-pyrrole nitrogens is 1. The molecular weight excluding hydrogens is 242 g/mol. The molecular formula is C14H17N3O2. The number of para-hydroxylation sites is 1. The summed E-state index contributed by atoms with van der Waals surface area (Å²) in [5.41, 5.74) is 0.136. The lowest BCUT2D eigenvalue weighted by molar-refractivity contribution is 0.0999. The Hall–Kier alpha value is -2.30. The average molecular weight is 259 g/mol. The van der Waals surface area contributed by atoms with E-state index in [1.807, 2.05) is 26.8 Å². The van der Waals surface area contributed by atoms with Gasteiger partial charge in [-0.05, 0) is 32.9 Å². The molecule has 100 valence electrons. The maximum absolute atomic E-state index is 12.2. The zero-order chi connectivity index (χ0) is 13.9. The van der Waals surface area contributed by atoms with Gasteiger partial charge in [0.25, 0.3) is 5.91 Å². The molecule has 0 saturated carbocycles. The summed E-state index contributed by atoms with van der Waals surface area (Å²) in [7, 11) is 0. The molecule has 1 amide bonds. The highest BCUT2D eigenvalue weighted by Crippen LogP contribution is 2.23. The molecule has 1 aromatic heterocycles. The number of aromatic nitrogens is 2. The molecule has 0 unspecified atom stereocenters. The second kappa shape index (κ2) is 5.14. The number of ether oxygens (including phenoxy) is 1. The molecule has 2 rings (SSSR count). The van der Waals surface area contributed by atoms with Crippen molar-refractivity contribution in [2.75, 3.05) is 5.32 Å². The number of hydrogen-bond donors (Lipinski definition) is 2. The quantitative estimate of drug-likeness (QED) is 0.890. The molecule has 0 aliphatic carbocycles. The Morgan fingerprint density at radius 2 is 2.00 bits per heavy atom. The predicted octanol–water partition coefficient (Wildman–Crippen LogP) is 2.84. The molecule has 0 saturated heterocycles. The molecule has 0 bridgehead atoms. The maximum atomic E-state index is 12.2. The van der Waals surface area contributed by atoms with Crippen molar-refractivity contribution in [2.24, 2.45) is 0 Å². The van der Waals surface area contributed by atoms with Crippen molar-refractivity contribution in [3.8, 4) is 5.75 Å². The number of rotatable bonds is 3. The molecule has 0 radical (unpaired) electrons. The molecule has 0 aliphatic heterocycles. The van der Waals surface area contributed by atoms with Crippen LogP contribution in [0.5, 0.6) is 5.75 Å². The highest BCUT2D eigenvalue weighted by molar-refractivity contribution is 6.05. The number of hydrogen-bond acceptors (Lipinski definition) is 3. The first-order chi connectivity index (χ1) is 8.96. The minimum atomic E-state index is -0.357. The van der Waals surface area contributed by atoms with E-state index in [-0.39, 0.29) is 11.5 Å². The van der Waals surface area contributed by atoms with Crippen LogP contribution in [0.3, 0.4) is 0 Å². The number of carbonyl (C=O) groups is 1. The van der Waals surface area contributed by atoms with Crippen LogP contribution in [0.4, 0.5) is 5.82 Å². The third kappa shape index (κ3) is 3.58. The fourth-order valence-electron chi connectivity index (χ4n) is 1.59. The molecule has 5 heteroatoms. The third-order valence-electron chi connectivity index (χ3n) is 2.30. The van der Waals surface area contributed by atoms with Gasteiger partial charge in [-0.25, -0.2) is 0 Å². The maximum Gasteiger partial charge on any atom is 0.260 e. The zero-order valence-electron chi connectivity index (χ0n) is 11.2. The highest BCUT2D eigenvalue weighted by Gasteiger charge is 2.18. The molecule has 1 aromatic carbocycles. The molecule has 2 N–H and O–H groups in total. The van der Waals surface area contributed by atoms with Gasteiger partial charge in [0.2, 0.25) is 0 Å². The number of carbonyl (C=O) groups excluding carboxylic acids is 1. The Balaban J connectivity index is 2.21. The molecule has 5 nitrogen and oxygen atoms in total. The van der Waals surface area contributed by atoms with Crippen LogP contribution in [-0.2, 0) is 0 Å². The largest absolute Gasteiger partial charge is 0.487 e. The van der Waals surface area contributed by atoms with Gasteiger partial charge in [0.05, 0.1) is 11.8 Å². The minimum Gasteiger partial charge on any atom is -0.487 e. The van der Waals surface area contributed by atoms with Crippen molar-refractivity contribution in [3.63, 3.8) is 0 Å². The lowest BCUT2D eigenvalue weighted by Crippen LogP contribution is -2.25. The number of nitrogens with zero attached hydrogens (tertiary/aromatic N) is 1. The molecule has 0 aliphatic rings. The summed E-state index contributed by atoms with van der Waals surface area (Å²) in [4.78, 5) is 12.2. The van der Waals surface area contributed by atoms with E-state index in [1.165, 1.54) is 0 Å². The van der Waals surface area contributed by atoms with Gasteiger partial charge in [-0.15, -0.1) is 0 Å². The second-order valence-electron chi connectivity index (χ2n) is 5.14.